The lowest BCUT2D eigenvalue weighted by molar-refractivity contribution is 0.0901. The molecule has 1 aromatic rings. The van der Waals surface area contributed by atoms with E-state index in [1.165, 1.54) is 0 Å². The molecule has 106 valence electrons. The smallest absolute Gasteiger partial charge is 0.272 e. The first kappa shape index (κ1) is 15.4. The van der Waals surface area contributed by atoms with Gasteiger partial charge in [0.1, 0.15) is 5.82 Å². The number of amides is 1. The molecule has 0 fully saturated rings. The fourth-order valence-corrected chi connectivity index (χ4v) is 1.61. The molecule has 1 rings (SSSR count). The largest absolute Gasteiger partial charge is 0.385 e. The Morgan fingerprint density at radius 1 is 1.42 bits per heavy atom. The molecule has 0 spiro atoms. The molecule has 0 saturated heterocycles. The molecule has 0 aromatic carbocycles. The number of aromatic nitrogens is 2. The van der Waals surface area contributed by atoms with Crippen LogP contribution in [0.5, 0.6) is 0 Å². The third-order valence-electron chi connectivity index (χ3n) is 2.60. The average Bonchev–Trinajstić information content (AvgIpc) is 2.37. The first-order valence-corrected chi connectivity index (χ1v) is 6.34. The molecule has 2 N–H and O–H groups in total. The second-order valence-electron chi connectivity index (χ2n) is 4.73. The molecule has 0 aliphatic carbocycles. The van der Waals surface area contributed by atoms with Gasteiger partial charge in [0.25, 0.3) is 5.91 Å². The average molecular weight is 266 g/mol. The Hall–Kier alpha value is -1.69. The van der Waals surface area contributed by atoms with Crippen LogP contribution in [0.1, 0.15) is 43.0 Å². The molecular formula is C13H22N4O2. The van der Waals surface area contributed by atoms with Gasteiger partial charge in [-0.2, -0.15) is 0 Å². The van der Waals surface area contributed by atoms with Gasteiger partial charge in [-0.25, -0.2) is 9.97 Å². The highest BCUT2D eigenvalue weighted by Gasteiger charge is 2.17. The molecule has 6 heteroatoms. The lowest BCUT2D eigenvalue weighted by Crippen LogP contribution is -2.36. The second-order valence-corrected chi connectivity index (χ2v) is 4.73. The summed E-state index contributed by atoms with van der Waals surface area (Å²) >= 11 is 0. The Bertz CT molecular complexity index is 435. The van der Waals surface area contributed by atoms with Crippen molar-refractivity contribution >= 4 is 11.6 Å². The Kier molecular flexibility index (Phi) is 5.69. The summed E-state index contributed by atoms with van der Waals surface area (Å²) in [6, 6.07) is -0.0697. The number of anilines is 1. The predicted octanol–water partition coefficient (Wildman–Crippen LogP) is 1.41. The van der Waals surface area contributed by atoms with E-state index in [9.17, 15) is 4.79 Å². The van der Waals surface area contributed by atoms with E-state index < -0.39 is 0 Å². The normalized spacial score (nSPS) is 12.3. The number of hydrogen-bond donors (Lipinski definition) is 2. The van der Waals surface area contributed by atoms with Crippen LogP contribution in [0, 0.1) is 0 Å². The number of nitrogens with one attached hydrogen (secondary N) is 2. The van der Waals surface area contributed by atoms with E-state index in [1.54, 1.807) is 20.4 Å². The van der Waals surface area contributed by atoms with Gasteiger partial charge in [-0.05, 0) is 6.92 Å². The first-order valence-electron chi connectivity index (χ1n) is 6.34. The summed E-state index contributed by atoms with van der Waals surface area (Å²) in [5.41, 5.74) is 0.982. The third kappa shape index (κ3) is 4.17. The highest BCUT2D eigenvalue weighted by molar-refractivity contribution is 5.97. The van der Waals surface area contributed by atoms with Crippen molar-refractivity contribution in [2.75, 3.05) is 26.1 Å². The van der Waals surface area contributed by atoms with Crippen molar-refractivity contribution in [1.82, 2.24) is 15.3 Å². The van der Waals surface area contributed by atoms with Crippen LogP contribution in [-0.2, 0) is 4.74 Å². The molecule has 1 unspecified atom stereocenters. The van der Waals surface area contributed by atoms with Crippen LogP contribution < -0.4 is 10.6 Å². The highest BCUT2D eigenvalue weighted by Crippen LogP contribution is 2.15. The molecule has 1 aromatic heterocycles. The van der Waals surface area contributed by atoms with E-state index in [0.29, 0.717) is 23.8 Å². The summed E-state index contributed by atoms with van der Waals surface area (Å²) in [7, 11) is 3.34. The fraction of sp³-hybridized carbons (Fsp3) is 0.615. The molecule has 19 heavy (non-hydrogen) atoms. The van der Waals surface area contributed by atoms with Crippen LogP contribution in [0.4, 0.5) is 5.69 Å². The molecule has 0 radical (unpaired) electrons. The van der Waals surface area contributed by atoms with Crippen LogP contribution in [0.2, 0.25) is 0 Å². The monoisotopic (exact) mass is 266 g/mol. The SMILES string of the molecule is CNc1cnc(C(C)C)nc1C(=O)NC(C)COC. The minimum Gasteiger partial charge on any atom is -0.385 e. The van der Waals surface area contributed by atoms with Crippen molar-refractivity contribution in [3.63, 3.8) is 0 Å². The molecule has 0 bridgehead atoms. The number of nitrogens with zero attached hydrogens (tertiary/aromatic N) is 2. The van der Waals surface area contributed by atoms with Gasteiger partial charge in [0, 0.05) is 26.1 Å². The Labute approximate surface area is 114 Å². The lowest BCUT2D eigenvalue weighted by Gasteiger charge is -2.15. The summed E-state index contributed by atoms with van der Waals surface area (Å²) in [6.45, 7) is 6.32. The summed E-state index contributed by atoms with van der Waals surface area (Å²) < 4.78 is 5.00. The van der Waals surface area contributed by atoms with Crippen molar-refractivity contribution in [3.05, 3.63) is 17.7 Å². The minimum absolute atomic E-state index is 0.0697. The maximum absolute atomic E-state index is 12.2. The van der Waals surface area contributed by atoms with Crippen molar-refractivity contribution in [3.8, 4) is 0 Å². The van der Waals surface area contributed by atoms with Crippen molar-refractivity contribution in [2.24, 2.45) is 0 Å². The molecule has 1 amide bonds. The quantitative estimate of drug-likeness (QED) is 0.814. The standard InChI is InChI=1S/C13H22N4O2/c1-8(2)12-15-6-10(14-4)11(17-12)13(18)16-9(3)7-19-5/h6,8-9,14H,7H2,1-5H3,(H,16,18). The van der Waals surface area contributed by atoms with Crippen LogP contribution in [-0.4, -0.2) is 42.7 Å². The Balaban J connectivity index is 2.96. The predicted molar refractivity (Wildman–Crippen MR) is 74.5 cm³/mol. The topological polar surface area (TPSA) is 76.1 Å². The van der Waals surface area contributed by atoms with Gasteiger partial charge in [-0.3, -0.25) is 4.79 Å². The zero-order valence-corrected chi connectivity index (χ0v) is 12.2. The number of ether oxygens (including phenoxy) is 1. The summed E-state index contributed by atoms with van der Waals surface area (Å²) in [5.74, 6) is 0.607. The number of carbonyl (C=O) groups is 1. The van der Waals surface area contributed by atoms with Crippen LogP contribution >= 0.6 is 0 Å². The number of methoxy groups -OCH3 is 1. The zero-order chi connectivity index (χ0) is 14.4. The van der Waals surface area contributed by atoms with Gasteiger partial charge < -0.3 is 15.4 Å². The van der Waals surface area contributed by atoms with E-state index in [-0.39, 0.29) is 17.9 Å². The van der Waals surface area contributed by atoms with Gasteiger partial charge in [0.05, 0.1) is 18.5 Å². The van der Waals surface area contributed by atoms with E-state index in [0.717, 1.165) is 0 Å². The van der Waals surface area contributed by atoms with E-state index in [1.807, 2.05) is 20.8 Å². The van der Waals surface area contributed by atoms with Crippen LogP contribution in [0.3, 0.4) is 0 Å². The maximum atomic E-state index is 12.2. The van der Waals surface area contributed by atoms with Crippen molar-refractivity contribution in [1.29, 1.82) is 0 Å². The summed E-state index contributed by atoms with van der Waals surface area (Å²) in [6.07, 6.45) is 1.64. The molecular weight excluding hydrogens is 244 g/mol. The summed E-state index contributed by atoms with van der Waals surface area (Å²) in [4.78, 5) is 20.7. The molecule has 1 atom stereocenters. The number of hydrogen-bond acceptors (Lipinski definition) is 5. The van der Waals surface area contributed by atoms with Gasteiger partial charge in [0.15, 0.2) is 5.69 Å². The molecule has 0 aliphatic rings. The molecule has 0 saturated carbocycles. The fourth-order valence-electron chi connectivity index (χ4n) is 1.61. The van der Waals surface area contributed by atoms with E-state index in [4.69, 9.17) is 4.74 Å². The van der Waals surface area contributed by atoms with Gasteiger partial charge in [-0.15, -0.1) is 0 Å². The third-order valence-corrected chi connectivity index (χ3v) is 2.60. The highest BCUT2D eigenvalue weighted by atomic mass is 16.5. The van der Waals surface area contributed by atoms with Crippen LogP contribution in [0.25, 0.3) is 0 Å². The second kappa shape index (κ2) is 7.04. The minimum atomic E-state index is -0.224. The van der Waals surface area contributed by atoms with Gasteiger partial charge in [-0.1, -0.05) is 13.8 Å². The Morgan fingerprint density at radius 3 is 2.63 bits per heavy atom. The maximum Gasteiger partial charge on any atom is 0.272 e. The Morgan fingerprint density at radius 2 is 2.11 bits per heavy atom. The zero-order valence-electron chi connectivity index (χ0n) is 12.2. The number of rotatable bonds is 6. The van der Waals surface area contributed by atoms with E-state index in [2.05, 4.69) is 20.6 Å². The number of carbonyl (C=O) groups excluding carboxylic acids is 1. The van der Waals surface area contributed by atoms with Crippen molar-refractivity contribution in [2.45, 2.75) is 32.7 Å². The molecule has 6 nitrogen and oxygen atoms in total. The first-order chi connectivity index (χ1) is 8.99. The lowest BCUT2D eigenvalue weighted by atomic mass is 10.2. The van der Waals surface area contributed by atoms with E-state index >= 15 is 0 Å². The molecule has 1 heterocycles. The molecule has 0 aliphatic heterocycles. The van der Waals surface area contributed by atoms with Crippen molar-refractivity contribution < 1.29 is 9.53 Å². The van der Waals surface area contributed by atoms with Crippen LogP contribution in [0.15, 0.2) is 6.20 Å². The van der Waals surface area contributed by atoms with Gasteiger partial charge in [0.2, 0.25) is 0 Å². The van der Waals surface area contributed by atoms with Gasteiger partial charge >= 0.3 is 0 Å². The summed E-state index contributed by atoms with van der Waals surface area (Å²) in [5, 5.41) is 5.77.